The summed E-state index contributed by atoms with van der Waals surface area (Å²) in [5.41, 5.74) is 0.462. The minimum absolute atomic E-state index is 0.00823. The molecule has 0 spiro atoms. The zero-order valence-corrected chi connectivity index (χ0v) is 13.3. The van der Waals surface area contributed by atoms with Crippen LogP contribution < -0.4 is 15.4 Å². The van der Waals surface area contributed by atoms with Crippen molar-refractivity contribution < 1.29 is 23.2 Å². The first kappa shape index (κ1) is 18.4. The zero-order chi connectivity index (χ0) is 18.4. The molecule has 0 heterocycles. The van der Waals surface area contributed by atoms with Crippen LogP contribution in [0.5, 0.6) is 5.75 Å². The van der Waals surface area contributed by atoms with Crippen LogP contribution in [0.1, 0.15) is 0 Å². The van der Waals surface area contributed by atoms with Crippen molar-refractivity contribution >= 4 is 34.6 Å². The Labute approximate surface area is 145 Å². The Bertz CT molecular complexity index is 772. The van der Waals surface area contributed by atoms with Gasteiger partial charge in [0.25, 0.3) is 5.69 Å². The van der Waals surface area contributed by atoms with Crippen molar-refractivity contribution in [3.8, 4) is 5.75 Å². The monoisotopic (exact) mass is 371 g/mol. The van der Waals surface area contributed by atoms with Gasteiger partial charge in [0.2, 0.25) is 5.91 Å². The number of nitro groups is 1. The fourth-order valence-electron chi connectivity index (χ4n) is 1.87. The molecule has 0 atom stereocenters. The number of amides is 1. The van der Waals surface area contributed by atoms with Gasteiger partial charge in [-0.15, -0.1) is 0 Å². The number of carbonyl (C=O) groups is 1. The fraction of sp³-hybridized carbons (Fsp3) is 0.133. The van der Waals surface area contributed by atoms with E-state index >= 15 is 0 Å². The first-order valence-electron chi connectivity index (χ1n) is 6.87. The van der Waals surface area contributed by atoms with E-state index in [4.69, 9.17) is 11.6 Å². The molecule has 0 aliphatic rings. The molecule has 132 valence electrons. The fourth-order valence-corrected chi connectivity index (χ4v) is 2.06. The van der Waals surface area contributed by atoms with E-state index in [2.05, 4.69) is 15.4 Å². The molecule has 2 aromatic carbocycles. The number of benzene rings is 2. The molecule has 0 saturated heterocycles. The Morgan fingerprint density at radius 2 is 1.84 bits per heavy atom. The van der Waals surface area contributed by atoms with E-state index in [1.54, 1.807) is 0 Å². The second kappa shape index (κ2) is 8.25. The molecule has 0 aliphatic heterocycles. The Kier molecular flexibility index (Phi) is 6.07. The van der Waals surface area contributed by atoms with Crippen LogP contribution in [0.25, 0.3) is 0 Å². The molecule has 0 saturated carbocycles. The number of carbonyl (C=O) groups excluding carboxylic acids is 1. The number of nitrogens with one attached hydrogen (secondary N) is 2. The van der Waals surface area contributed by atoms with Gasteiger partial charge in [-0.2, -0.15) is 8.78 Å². The molecule has 7 nitrogen and oxygen atoms in total. The summed E-state index contributed by atoms with van der Waals surface area (Å²) in [6.45, 7) is -3.08. The standard InChI is InChI=1S/C15H12ClF2N3O4/c16-12-6-3-10(7-13(12)21(23)24)19-8-14(22)20-9-1-4-11(5-2-9)25-15(17)18/h1-7,15,19H,8H2,(H,20,22). The summed E-state index contributed by atoms with van der Waals surface area (Å²) in [5.74, 6) is -0.459. The van der Waals surface area contributed by atoms with Crippen LogP contribution in [0, 0.1) is 10.1 Å². The second-order valence-corrected chi connectivity index (χ2v) is 5.14. The highest BCUT2D eigenvalue weighted by Crippen LogP contribution is 2.27. The van der Waals surface area contributed by atoms with E-state index in [9.17, 15) is 23.7 Å². The van der Waals surface area contributed by atoms with Crippen LogP contribution in [0.2, 0.25) is 5.02 Å². The van der Waals surface area contributed by atoms with Crippen molar-refractivity contribution in [3.05, 3.63) is 57.6 Å². The first-order valence-corrected chi connectivity index (χ1v) is 7.25. The molecule has 10 heteroatoms. The lowest BCUT2D eigenvalue weighted by Crippen LogP contribution is -2.21. The number of rotatable bonds is 7. The van der Waals surface area contributed by atoms with Gasteiger partial charge in [0.05, 0.1) is 11.5 Å². The van der Waals surface area contributed by atoms with Gasteiger partial charge in [0, 0.05) is 17.4 Å². The predicted molar refractivity (Wildman–Crippen MR) is 88.3 cm³/mol. The molecule has 0 bridgehead atoms. The Morgan fingerprint density at radius 1 is 1.20 bits per heavy atom. The smallest absolute Gasteiger partial charge is 0.387 e. The number of hydrogen-bond donors (Lipinski definition) is 2. The topological polar surface area (TPSA) is 93.5 Å². The molecule has 25 heavy (non-hydrogen) atoms. The number of nitro benzene ring substituents is 1. The summed E-state index contributed by atoms with van der Waals surface area (Å²) in [6.07, 6.45) is 0. The van der Waals surface area contributed by atoms with Crippen molar-refractivity contribution in [1.29, 1.82) is 0 Å². The minimum Gasteiger partial charge on any atom is -0.435 e. The SMILES string of the molecule is O=C(CNc1ccc(Cl)c([N+](=O)[O-])c1)Nc1ccc(OC(F)F)cc1. The maximum Gasteiger partial charge on any atom is 0.387 e. The van der Waals surface area contributed by atoms with E-state index in [0.29, 0.717) is 11.4 Å². The van der Waals surface area contributed by atoms with E-state index < -0.39 is 17.4 Å². The van der Waals surface area contributed by atoms with Crippen LogP contribution in [-0.4, -0.2) is 24.0 Å². The zero-order valence-electron chi connectivity index (χ0n) is 12.5. The van der Waals surface area contributed by atoms with Gasteiger partial charge in [-0.25, -0.2) is 0 Å². The molecule has 0 radical (unpaired) electrons. The normalized spacial score (nSPS) is 10.4. The highest BCUT2D eigenvalue weighted by Gasteiger charge is 2.13. The van der Waals surface area contributed by atoms with Crippen LogP contribution in [0.4, 0.5) is 25.8 Å². The third-order valence-electron chi connectivity index (χ3n) is 2.96. The minimum atomic E-state index is -2.92. The van der Waals surface area contributed by atoms with Crippen molar-refractivity contribution in [3.63, 3.8) is 0 Å². The van der Waals surface area contributed by atoms with Gasteiger partial charge >= 0.3 is 6.61 Å². The molecule has 0 unspecified atom stereocenters. The molecule has 0 fully saturated rings. The first-order chi connectivity index (χ1) is 11.8. The van der Waals surface area contributed by atoms with E-state index in [1.165, 1.54) is 42.5 Å². The number of alkyl halides is 2. The summed E-state index contributed by atoms with van der Waals surface area (Å²) >= 11 is 5.70. The highest BCUT2D eigenvalue weighted by molar-refractivity contribution is 6.32. The van der Waals surface area contributed by atoms with E-state index in [-0.39, 0.29) is 23.0 Å². The molecule has 1 amide bonds. The summed E-state index contributed by atoms with van der Waals surface area (Å²) in [5, 5.41) is 16.1. The van der Waals surface area contributed by atoms with Crippen molar-refractivity contribution in [2.45, 2.75) is 6.61 Å². The Morgan fingerprint density at radius 3 is 2.44 bits per heavy atom. The average molecular weight is 372 g/mol. The second-order valence-electron chi connectivity index (χ2n) is 4.73. The van der Waals surface area contributed by atoms with Crippen LogP contribution in [0.15, 0.2) is 42.5 Å². The quantitative estimate of drug-likeness (QED) is 0.568. The van der Waals surface area contributed by atoms with Crippen LogP contribution >= 0.6 is 11.6 Å². The third kappa shape index (κ3) is 5.57. The highest BCUT2D eigenvalue weighted by atomic mass is 35.5. The predicted octanol–water partition coefficient (Wildman–Crippen LogP) is 3.90. The molecule has 2 rings (SSSR count). The van der Waals surface area contributed by atoms with Gasteiger partial charge in [-0.3, -0.25) is 14.9 Å². The molecule has 0 aliphatic carbocycles. The molecule has 2 N–H and O–H groups in total. The summed E-state index contributed by atoms with van der Waals surface area (Å²) in [4.78, 5) is 22.0. The van der Waals surface area contributed by atoms with Crippen molar-refractivity contribution in [2.24, 2.45) is 0 Å². The van der Waals surface area contributed by atoms with E-state index in [1.807, 2.05) is 0 Å². The molecular formula is C15H12ClF2N3O4. The summed E-state index contributed by atoms with van der Waals surface area (Å²) in [7, 11) is 0. The average Bonchev–Trinajstić information content (AvgIpc) is 2.55. The Hall–Kier alpha value is -2.94. The number of nitrogens with zero attached hydrogens (tertiary/aromatic N) is 1. The van der Waals surface area contributed by atoms with Crippen molar-refractivity contribution in [1.82, 2.24) is 0 Å². The van der Waals surface area contributed by atoms with Gasteiger partial charge in [0.1, 0.15) is 10.8 Å². The van der Waals surface area contributed by atoms with Gasteiger partial charge < -0.3 is 15.4 Å². The van der Waals surface area contributed by atoms with Crippen LogP contribution in [-0.2, 0) is 4.79 Å². The molecular weight excluding hydrogens is 360 g/mol. The lowest BCUT2D eigenvalue weighted by molar-refractivity contribution is -0.384. The Balaban J connectivity index is 1.90. The third-order valence-corrected chi connectivity index (χ3v) is 3.28. The van der Waals surface area contributed by atoms with Gasteiger partial charge in [0.15, 0.2) is 0 Å². The maximum atomic E-state index is 12.0. The lowest BCUT2D eigenvalue weighted by Gasteiger charge is -2.09. The van der Waals surface area contributed by atoms with Gasteiger partial charge in [-0.1, -0.05) is 11.6 Å². The molecule has 0 aromatic heterocycles. The largest absolute Gasteiger partial charge is 0.435 e. The number of anilines is 2. The van der Waals surface area contributed by atoms with E-state index in [0.717, 1.165) is 0 Å². The summed E-state index contributed by atoms with van der Waals surface area (Å²) < 4.78 is 28.3. The van der Waals surface area contributed by atoms with Crippen LogP contribution in [0.3, 0.4) is 0 Å². The lowest BCUT2D eigenvalue weighted by atomic mass is 10.2. The van der Waals surface area contributed by atoms with Gasteiger partial charge in [-0.05, 0) is 36.4 Å². The maximum absolute atomic E-state index is 12.0. The number of hydrogen-bond acceptors (Lipinski definition) is 5. The summed E-state index contributed by atoms with van der Waals surface area (Å²) in [6, 6.07) is 9.45. The molecule has 2 aromatic rings. The van der Waals surface area contributed by atoms with Crippen molar-refractivity contribution in [2.75, 3.05) is 17.2 Å². The number of ether oxygens (including phenoxy) is 1. The number of halogens is 3.